The van der Waals surface area contributed by atoms with Crippen LogP contribution in [0.2, 0.25) is 0 Å². The second kappa shape index (κ2) is 18.1. The second-order valence-electron chi connectivity index (χ2n) is 14.7. The minimum atomic E-state index is -4.22. The van der Waals surface area contributed by atoms with Crippen LogP contribution in [0, 0.1) is 36.0 Å². The van der Waals surface area contributed by atoms with Gasteiger partial charge in [-0.3, -0.25) is 28.3 Å². The van der Waals surface area contributed by atoms with Gasteiger partial charge in [0.1, 0.15) is 29.5 Å². The summed E-state index contributed by atoms with van der Waals surface area (Å²) >= 11 is 0. The summed E-state index contributed by atoms with van der Waals surface area (Å²) in [6, 6.07) is -0.380. The number of carbonyl (C=O) groups excluding carboxylic acids is 4. The first-order valence-corrected chi connectivity index (χ1v) is 19.3. The lowest BCUT2D eigenvalue weighted by molar-refractivity contribution is -0.298. The molecule has 2 heterocycles. The molecular formula is C36H59NO13S. The number of rotatable bonds is 10. The molecule has 2 saturated heterocycles. The van der Waals surface area contributed by atoms with E-state index < -0.39 is 99.2 Å². The van der Waals surface area contributed by atoms with Gasteiger partial charge in [0.05, 0.1) is 30.1 Å². The van der Waals surface area contributed by atoms with Gasteiger partial charge in [-0.25, -0.2) is 0 Å². The van der Waals surface area contributed by atoms with Gasteiger partial charge < -0.3 is 28.8 Å². The number of likely N-dealkylation sites (N-methyl/N-ethyl adjacent to an activating group) is 1. The molecule has 0 spiro atoms. The number of methoxy groups -OCH3 is 1. The Morgan fingerprint density at radius 1 is 1.08 bits per heavy atom. The van der Waals surface area contributed by atoms with E-state index >= 15 is 0 Å². The van der Waals surface area contributed by atoms with Gasteiger partial charge in [-0.1, -0.05) is 27.7 Å². The van der Waals surface area contributed by atoms with Crippen LogP contribution in [0.25, 0.3) is 0 Å². The Morgan fingerprint density at radius 3 is 2.18 bits per heavy atom. The molecule has 0 amide bonds. The molecule has 2 rings (SSSR count). The van der Waals surface area contributed by atoms with Gasteiger partial charge in [-0.05, 0) is 54.0 Å². The first kappa shape index (κ1) is 44.7. The monoisotopic (exact) mass is 745 g/mol. The molecule has 13 atom stereocenters. The predicted molar refractivity (Wildman–Crippen MR) is 186 cm³/mol. The molecule has 15 heteroatoms. The quantitative estimate of drug-likeness (QED) is 0.149. The molecule has 2 aliphatic heterocycles. The minimum Gasteiger partial charge on any atom is -0.459 e. The van der Waals surface area contributed by atoms with Crippen molar-refractivity contribution in [1.82, 2.24) is 4.90 Å². The van der Waals surface area contributed by atoms with Crippen molar-refractivity contribution in [2.24, 2.45) is 23.7 Å². The highest BCUT2D eigenvalue weighted by Gasteiger charge is 2.53. The fourth-order valence-electron chi connectivity index (χ4n) is 7.42. The Labute approximate surface area is 303 Å². The summed E-state index contributed by atoms with van der Waals surface area (Å²) in [5, 5.41) is 11.7. The Kier molecular flexibility index (Phi) is 15.8. The Morgan fingerprint density at radius 2 is 1.67 bits per heavy atom. The summed E-state index contributed by atoms with van der Waals surface area (Å²) in [5.41, 5.74) is -3.59. The lowest BCUT2D eigenvalue weighted by Crippen LogP contribution is -2.61. The average Bonchev–Trinajstić information content (AvgIpc) is 3.04. The standard InChI is InChI=1S/C36H59NO13S/c1-14-16-17-37(11)26-18-21(4)46-34(30(26)47-25(8)38)49-31-23(6)29(40)24(7)33(41)48-27(15-2)36(10,42)32(50-51(13,43)44)22(5)28(39)20(3)19-35(31,9)45-12/h1,20-24,26-27,30-32,34,42H,15-19H2,2-13H3/t20-,21-,22+,23+,24-,26+,27-,30-,31-,32-,34+,35-,36-/m1/s1. The third-order valence-corrected chi connectivity index (χ3v) is 10.9. The third kappa shape index (κ3) is 11.0. The van der Waals surface area contributed by atoms with E-state index in [0.29, 0.717) is 19.4 Å². The first-order valence-electron chi connectivity index (χ1n) is 17.5. The molecule has 0 bridgehead atoms. The zero-order valence-corrected chi connectivity index (χ0v) is 33.0. The van der Waals surface area contributed by atoms with Crippen molar-refractivity contribution in [3.63, 3.8) is 0 Å². The summed E-state index contributed by atoms with van der Waals surface area (Å²) in [4.78, 5) is 56.3. The molecular weight excluding hydrogens is 686 g/mol. The van der Waals surface area contributed by atoms with E-state index in [-0.39, 0.29) is 25.0 Å². The molecule has 0 aliphatic carbocycles. The van der Waals surface area contributed by atoms with Crippen LogP contribution in [0.5, 0.6) is 0 Å². The first-order chi connectivity index (χ1) is 23.4. The molecule has 0 saturated carbocycles. The molecule has 2 fully saturated rings. The number of ketones is 2. The van der Waals surface area contributed by atoms with Crippen molar-refractivity contribution in [3.8, 4) is 12.3 Å². The Bertz CT molecular complexity index is 1390. The van der Waals surface area contributed by atoms with E-state index in [1.165, 1.54) is 34.8 Å². The molecule has 292 valence electrons. The lowest BCUT2D eigenvalue weighted by atomic mass is 9.74. The van der Waals surface area contributed by atoms with Gasteiger partial charge in [0.15, 0.2) is 18.2 Å². The van der Waals surface area contributed by atoms with Crippen molar-refractivity contribution < 1.29 is 60.6 Å². The summed E-state index contributed by atoms with van der Waals surface area (Å²) in [6.07, 6.45) is 0.465. The van der Waals surface area contributed by atoms with Crippen LogP contribution in [-0.2, 0) is 57.2 Å². The average molecular weight is 746 g/mol. The maximum Gasteiger partial charge on any atom is 0.316 e. The maximum atomic E-state index is 14.2. The molecule has 51 heavy (non-hydrogen) atoms. The van der Waals surface area contributed by atoms with Crippen molar-refractivity contribution in [2.75, 3.05) is 27.0 Å². The SMILES string of the molecule is C#CCCN(C)[C@H]1C[C@@H](C)O[C@@H](O[C@@H]2[C@@H](C)C(=O)[C@@H](C)C(=O)O[C@H](CC)[C@@](C)(O)[C@H](OS(C)(=O)=O)[C@@H](C)C(=O)[C@H](C)C[C@@]2(C)OC)[C@@H]1OC(C)=O. The van der Waals surface area contributed by atoms with Crippen LogP contribution in [0.3, 0.4) is 0 Å². The number of hydrogen-bond donors (Lipinski definition) is 1. The number of nitrogens with zero attached hydrogens (tertiary/aromatic N) is 1. The summed E-state index contributed by atoms with van der Waals surface area (Å²) in [6.45, 7) is 14.1. The van der Waals surface area contributed by atoms with Gasteiger partial charge in [-0.15, -0.1) is 12.3 Å². The zero-order chi connectivity index (χ0) is 39.2. The molecule has 0 aromatic carbocycles. The van der Waals surface area contributed by atoms with Crippen molar-refractivity contribution in [2.45, 2.75) is 142 Å². The number of terminal acetylenes is 1. The van der Waals surface area contributed by atoms with Crippen LogP contribution < -0.4 is 0 Å². The van der Waals surface area contributed by atoms with E-state index in [1.807, 2.05) is 18.9 Å². The molecule has 0 radical (unpaired) electrons. The Balaban J connectivity index is 2.76. The van der Waals surface area contributed by atoms with Crippen molar-refractivity contribution >= 4 is 33.6 Å². The van der Waals surface area contributed by atoms with Gasteiger partial charge in [-0.2, -0.15) is 8.42 Å². The Hall–Kier alpha value is -2.45. The van der Waals surface area contributed by atoms with E-state index in [9.17, 15) is 32.7 Å². The summed E-state index contributed by atoms with van der Waals surface area (Å²) in [7, 11) is -0.975. The van der Waals surface area contributed by atoms with Gasteiger partial charge in [0.2, 0.25) is 0 Å². The molecule has 2 aliphatic rings. The predicted octanol–water partition coefficient (Wildman–Crippen LogP) is 2.67. The van der Waals surface area contributed by atoms with Gasteiger partial charge in [0, 0.05) is 44.8 Å². The molecule has 0 unspecified atom stereocenters. The highest BCUT2D eigenvalue weighted by atomic mass is 32.2. The zero-order valence-electron chi connectivity index (χ0n) is 32.2. The summed E-state index contributed by atoms with van der Waals surface area (Å²) < 4.78 is 60.7. The van der Waals surface area contributed by atoms with Crippen molar-refractivity contribution in [1.29, 1.82) is 0 Å². The van der Waals surface area contributed by atoms with Gasteiger partial charge >= 0.3 is 11.9 Å². The number of hydrogen-bond acceptors (Lipinski definition) is 14. The molecule has 1 N–H and O–H groups in total. The fraction of sp³-hybridized carbons (Fsp3) is 0.833. The van der Waals surface area contributed by atoms with Gasteiger partial charge in [0.25, 0.3) is 10.1 Å². The number of esters is 2. The highest BCUT2D eigenvalue weighted by Crippen LogP contribution is 2.39. The number of Topliss-reactive ketones (excluding diaryl/α,β-unsaturated/α-hetero) is 2. The number of cyclic esters (lactones) is 1. The van der Waals surface area contributed by atoms with Crippen LogP contribution in [-0.4, -0.2) is 123 Å². The molecule has 0 aromatic rings. The topological polar surface area (TPSA) is 181 Å². The second-order valence-corrected chi connectivity index (χ2v) is 16.3. The maximum absolute atomic E-state index is 14.2. The minimum absolute atomic E-state index is 0.00840. The van der Waals surface area contributed by atoms with E-state index in [1.54, 1.807) is 27.7 Å². The smallest absolute Gasteiger partial charge is 0.316 e. The number of aliphatic hydroxyl groups is 1. The van der Waals surface area contributed by atoms with Crippen molar-refractivity contribution in [3.05, 3.63) is 0 Å². The number of carbonyl (C=O) groups is 4. The third-order valence-electron chi connectivity index (χ3n) is 10.3. The summed E-state index contributed by atoms with van der Waals surface area (Å²) in [5.74, 6) is -4.53. The fourth-order valence-corrected chi connectivity index (χ4v) is 8.16. The van der Waals surface area contributed by atoms with Crippen LogP contribution in [0.4, 0.5) is 0 Å². The number of ether oxygens (including phenoxy) is 5. The van der Waals surface area contributed by atoms with E-state index in [0.717, 1.165) is 6.26 Å². The lowest BCUT2D eigenvalue weighted by Gasteiger charge is -2.48. The largest absolute Gasteiger partial charge is 0.459 e. The van der Waals surface area contributed by atoms with Crippen LogP contribution in [0.1, 0.15) is 88.0 Å². The van der Waals surface area contributed by atoms with Crippen LogP contribution in [0.15, 0.2) is 0 Å². The molecule has 14 nitrogen and oxygen atoms in total. The van der Waals surface area contributed by atoms with E-state index in [4.69, 9.17) is 34.3 Å². The molecule has 0 aromatic heterocycles. The highest BCUT2D eigenvalue weighted by molar-refractivity contribution is 7.86. The normalized spacial score (nSPS) is 39.2. The van der Waals surface area contributed by atoms with E-state index in [2.05, 4.69) is 5.92 Å². The van der Waals surface area contributed by atoms with Crippen LogP contribution >= 0.6 is 0 Å².